The van der Waals surface area contributed by atoms with Gasteiger partial charge in [-0.15, -0.1) is 11.3 Å². The van der Waals surface area contributed by atoms with E-state index in [1.54, 1.807) is 11.3 Å². The van der Waals surface area contributed by atoms with Crippen molar-refractivity contribution in [3.63, 3.8) is 0 Å². The molecule has 0 fully saturated rings. The highest BCUT2D eigenvalue weighted by atomic mass is 32.1. The van der Waals surface area contributed by atoms with Crippen LogP contribution in [0.1, 0.15) is 30.8 Å². The molecule has 0 saturated carbocycles. The summed E-state index contributed by atoms with van der Waals surface area (Å²) in [5.41, 5.74) is 8.06. The molecule has 0 spiro atoms. The average molecular weight is 221 g/mol. The van der Waals surface area contributed by atoms with Gasteiger partial charge in [0.05, 0.1) is 17.4 Å². The fourth-order valence-corrected chi connectivity index (χ4v) is 2.36. The van der Waals surface area contributed by atoms with Crippen LogP contribution >= 0.6 is 11.3 Å². The predicted octanol–water partition coefficient (Wildman–Crippen LogP) is 2.94. The van der Waals surface area contributed by atoms with Gasteiger partial charge in [-0.25, -0.2) is 4.98 Å². The first-order chi connectivity index (χ1) is 7.31. The Labute approximate surface area is 93.4 Å². The van der Waals surface area contributed by atoms with E-state index in [0.29, 0.717) is 0 Å². The molecule has 3 N–H and O–H groups in total. The van der Waals surface area contributed by atoms with Crippen LogP contribution in [0.3, 0.4) is 0 Å². The van der Waals surface area contributed by atoms with Crippen molar-refractivity contribution in [2.24, 2.45) is 5.73 Å². The number of aromatic amines is 1. The van der Waals surface area contributed by atoms with Crippen molar-refractivity contribution < 1.29 is 0 Å². The Hall–Kier alpha value is -1.13. The predicted molar refractivity (Wildman–Crippen MR) is 63.7 cm³/mol. The van der Waals surface area contributed by atoms with Crippen LogP contribution in [0.15, 0.2) is 23.7 Å². The van der Waals surface area contributed by atoms with Gasteiger partial charge >= 0.3 is 0 Å². The lowest BCUT2D eigenvalue weighted by Gasteiger charge is -2.04. The van der Waals surface area contributed by atoms with Gasteiger partial charge in [-0.3, -0.25) is 0 Å². The molecule has 0 saturated heterocycles. The standard InChI is InChI=1S/C11H15N3S/c1-2-4-8(12)11-14-10(7-15-11)9-5-3-6-13-9/h3,5-8,13H,2,4,12H2,1H3. The molecule has 80 valence electrons. The van der Waals surface area contributed by atoms with Crippen LogP contribution in [0.4, 0.5) is 0 Å². The van der Waals surface area contributed by atoms with Crippen molar-refractivity contribution in [3.8, 4) is 11.4 Å². The fraction of sp³-hybridized carbons (Fsp3) is 0.364. The second-order valence-corrected chi connectivity index (χ2v) is 4.44. The SMILES string of the molecule is CCCC(N)c1nc(-c2ccc[nH]2)cs1. The molecule has 0 aliphatic carbocycles. The van der Waals surface area contributed by atoms with Crippen molar-refractivity contribution in [2.75, 3.05) is 0 Å². The molecule has 1 atom stereocenters. The highest BCUT2D eigenvalue weighted by Gasteiger charge is 2.10. The van der Waals surface area contributed by atoms with E-state index in [-0.39, 0.29) is 6.04 Å². The summed E-state index contributed by atoms with van der Waals surface area (Å²) >= 11 is 1.64. The van der Waals surface area contributed by atoms with E-state index >= 15 is 0 Å². The zero-order chi connectivity index (χ0) is 10.7. The van der Waals surface area contributed by atoms with Gasteiger partial charge in [0.2, 0.25) is 0 Å². The summed E-state index contributed by atoms with van der Waals surface area (Å²) in [6.07, 6.45) is 4.00. The Morgan fingerprint density at radius 1 is 1.60 bits per heavy atom. The third-order valence-corrected chi connectivity index (χ3v) is 3.29. The summed E-state index contributed by atoms with van der Waals surface area (Å²) < 4.78 is 0. The van der Waals surface area contributed by atoms with Crippen molar-refractivity contribution in [1.82, 2.24) is 9.97 Å². The van der Waals surface area contributed by atoms with Crippen LogP contribution in [0.25, 0.3) is 11.4 Å². The highest BCUT2D eigenvalue weighted by molar-refractivity contribution is 7.10. The number of thiazole rings is 1. The van der Waals surface area contributed by atoms with Crippen LogP contribution in [-0.2, 0) is 0 Å². The Morgan fingerprint density at radius 2 is 2.47 bits per heavy atom. The van der Waals surface area contributed by atoms with Gasteiger partial charge in [-0.05, 0) is 18.6 Å². The van der Waals surface area contributed by atoms with Crippen molar-refractivity contribution in [3.05, 3.63) is 28.7 Å². The molecule has 0 aromatic carbocycles. The minimum atomic E-state index is 0.0868. The summed E-state index contributed by atoms with van der Waals surface area (Å²) in [5.74, 6) is 0. The number of hydrogen-bond acceptors (Lipinski definition) is 3. The maximum atomic E-state index is 6.01. The van der Waals surface area contributed by atoms with E-state index in [4.69, 9.17) is 5.73 Å². The van der Waals surface area contributed by atoms with Gasteiger partial charge < -0.3 is 10.7 Å². The molecule has 2 rings (SSSR count). The number of hydrogen-bond donors (Lipinski definition) is 2. The molecule has 0 amide bonds. The van der Waals surface area contributed by atoms with Gasteiger partial charge in [0.25, 0.3) is 0 Å². The minimum Gasteiger partial charge on any atom is -0.360 e. The van der Waals surface area contributed by atoms with E-state index < -0.39 is 0 Å². The monoisotopic (exact) mass is 221 g/mol. The Balaban J connectivity index is 2.17. The Bertz CT molecular complexity index is 405. The lowest BCUT2D eigenvalue weighted by atomic mass is 10.2. The second kappa shape index (κ2) is 4.59. The largest absolute Gasteiger partial charge is 0.360 e. The van der Waals surface area contributed by atoms with Crippen molar-refractivity contribution >= 4 is 11.3 Å². The van der Waals surface area contributed by atoms with E-state index in [9.17, 15) is 0 Å². The van der Waals surface area contributed by atoms with Gasteiger partial charge in [-0.2, -0.15) is 0 Å². The van der Waals surface area contributed by atoms with Crippen LogP contribution in [0, 0.1) is 0 Å². The molecule has 0 aliphatic heterocycles. The molecule has 0 aliphatic rings. The second-order valence-electron chi connectivity index (χ2n) is 3.55. The van der Waals surface area contributed by atoms with E-state index in [2.05, 4.69) is 22.3 Å². The quantitative estimate of drug-likeness (QED) is 0.834. The maximum absolute atomic E-state index is 6.01. The number of rotatable bonds is 4. The van der Waals surface area contributed by atoms with Crippen LogP contribution in [-0.4, -0.2) is 9.97 Å². The van der Waals surface area contributed by atoms with E-state index in [1.807, 2.05) is 18.3 Å². The third-order valence-electron chi connectivity index (χ3n) is 2.31. The third kappa shape index (κ3) is 2.27. The fourth-order valence-electron chi connectivity index (χ4n) is 1.51. The summed E-state index contributed by atoms with van der Waals surface area (Å²) in [5, 5.41) is 3.08. The molecule has 2 aromatic rings. The molecule has 2 heterocycles. The molecule has 0 bridgehead atoms. The summed E-state index contributed by atoms with van der Waals surface area (Å²) in [4.78, 5) is 7.67. The number of nitrogens with zero attached hydrogens (tertiary/aromatic N) is 1. The van der Waals surface area contributed by atoms with Crippen LogP contribution in [0.5, 0.6) is 0 Å². The molecular formula is C11H15N3S. The first-order valence-corrected chi connectivity index (χ1v) is 6.04. The first kappa shape index (κ1) is 10.4. The number of nitrogens with one attached hydrogen (secondary N) is 1. The van der Waals surface area contributed by atoms with Crippen molar-refractivity contribution in [1.29, 1.82) is 0 Å². The lowest BCUT2D eigenvalue weighted by Crippen LogP contribution is -2.09. The maximum Gasteiger partial charge on any atom is 0.110 e. The molecule has 3 nitrogen and oxygen atoms in total. The van der Waals surface area contributed by atoms with Gasteiger partial charge in [0.15, 0.2) is 0 Å². The normalized spacial score (nSPS) is 12.9. The highest BCUT2D eigenvalue weighted by Crippen LogP contribution is 2.25. The molecule has 1 unspecified atom stereocenters. The number of nitrogens with two attached hydrogens (primary N) is 1. The number of aromatic nitrogens is 2. The zero-order valence-corrected chi connectivity index (χ0v) is 9.55. The van der Waals surface area contributed by atoms with E-state index in [0.717, 1.165) is 29.2 Å². The Kier molecular flexibility index (Phi) is 3.18. The summed E-state index contributed by atoms with van der Waals surface area (Å²) in [6.45, 7) is 2.14. The smallest absolute Gasteiger partial charge is 0.110 e. The molecule has 0 radical (unpaired) electrons. The summed E-state index contributed by atoms with van der Waals surface area (Å²) in [7, 11) is 0. The number of H-pyrrole nitrogens is 1. The van der Waals surface area contributed by atoms with E-state index in [1.165, 1.54) is 0 Å². The molecule has 15 heavy (non-hydrogen) atoms. The molecule has 2 aromatic heterocycles. The first-order valence-electron chi connectivity index (χ1n) is 5.16. The van der Waals surface area contributed by atoms with Crippen molar-refractivity contribution in [2.45, 2.75) is 25.8 Å². The lowest BCUT2D eigenvalue weighted by molar-refractivity contribution is 0.635. The molecular weight excluding hydrogens is 206 g/mol. The zero-order valence-electron chi connectivity index (χ0n) is 8.73. The van der Waals surface area contributed by atoms with Gasteiger partial charge in [-0.1, -0.05) is 13.3 Å². The topological polar surface area (TPSA) is 54.7 Å². The van der Waals surface area contributed by atoms with Gasteiger partial charge in [0.1, 0.15) is 5.01 Å². The minimum absolute atomic E-state index is 0.0868. The van der Waals surface area contributed by atoms with Crippen LogP contribution in [0.2, 0.25) is 0 Å². The average Bonchev–Trinajstić information content (AvgIpc) is 2.89. The Morgan fingerprint density at radius 3 is 3.13 bits per heavy atom. The summed E-state index contributed by atoms with van der Waals surface area (Å²) in [6, 6.07) is 4.08. The van der Waals surface area contributed by atoms with Gasteiger partial charge in [0, 0.05) is 11.6 Å². The molecule has 4 heteroatoms. The van der Waals surface area contributed by atoms with Crippen LogP contribution < -0.4 is 5.73 Å².